The van der Waals surface area contributed by atoms with Gasteiger partial charge in [-0.3, -0.25) is 4.90 Å². The number of rotatable bonds is 5. The highest BCUT2D eigenvalue weighted by Crippen LogP contribution is 2.15. The van der Waals surface area contributed by atoms with Crippen molar-refractivity contribution >= 4 is 0 Å². The van der Waals surface area contributed by atoms with Gasteiger partial charge in [0.25, 0.3) is 0 Å². The molecule has 2 heterocycles. The normalized spacial score (nSPS) is 21.7. The van der Waals surface area contributed by atoms with Gasteiger partial charge in [0.2, 0.25) is 0 Å². The molecule has 18 heavy (non-hydrogen) atoms. The first-order valence-corrected chi connectivity index (χ1v) is 6.54. The van der Waals surface area contributed by atoms with Gasteiger partial charge in [0, 0.05) is 32.9 Å². The van der Waals surface area contributed by atoms with Crippen LogP contribution < -0.4 is 0 Å². The molecule has 5 heteroatoms. The van der Waals surface area contributed by atoms with E-state index in [2.05, 4.69) is 29.9 Å². The van der Waals surface area contributed by atoms with Gasteiger partial charge in [-0.15, -0.1) is 0 Å². The van der Waals surface area contributed by atoms with E-state index in [4.69, 9.17) is 9.47 Å². The monoisotopic (exact) mass is 253 g/mol. The Balaban J connectivity index is 1.94. The van der Waals surface area contributed by atoms with Crippen LogP contribution in [0.4, 0.5) is 0 Å². The zero-order chi connectivity index (χ0) is 13.0. The van der Waals surface area contributed by atoms with E-state index < -0.39 is 0 Å². The van der Waals surface area contributed by atoms with Gasteiger partial charge in [0.15, 0.2) is 0 Å². The van der Waals surface area contributed by atoms with Crippen LogP contribution in [0.25, 0.3) is 0 Å². The number of hydrogen-bond donors (Lipinski definition) is 0. The third-order valence-electron chi connectivity index (χ3n) is 3.36. The first kappa shape index (κ1) is 13.5. The summed E-state index contributed by atoms with van der Waals surface area (Å²) < 4.78 is 12.8. The quantitative estimate of drug-likeness (QED) is 0.794. The van der Waals surface area contributed by atoms with Crippen LogP contribution in [0.3, 0.4) is 0 Å². The van der Waals surface area contributed by atoms with Crippen molar-refractivity contribution < 1.29 is 9.47 Å². The summed E-state index contributed by atoms with van der Waals surface area (Å²) in [6.07, 6.45) is 2.17. The minimum Gasteiger partial charge on any atom is -0.375 e. The third kappa shape index (κ3) is 3.31. The standard InChI is InChI=1S/C13H23N3O2/c1-11(2)13-9-15(6-7-18-13)8-12-4-5-14-16(12)10-17-3/h4-5,11,13H,6-10H2,1-3H3. The maximum absolute atomic E-state index is 5.78. The first-order valence-electron chi connectivity index (χ1n) is 6.54. The van der Waals surface area contributed by atoms with Gasteiger partial charge in [-0.2, -0.15) is 5.10 Å². The molecular weight excluding hydrogens is 230 g/mol. The molecule has 1 aromatic rings. The molecule has 0 aromatic carbocycles. The van der Waals surface area contributed by atoms with Gasteiger partial charge in [0.1, 0.15) is 6.73 Å². The van der Waals surface area contributed by atoms with Crippen LogP contribution in [0.1, 0.15) is 19.5 Å². The maximum atomic E-state index is 5.78. The van der Waals surface area contributed by atoms with Crippen molar-refractivity contribution in [2.24, 2.45) is 5.92 Å². The van der Waals surface area contributed by atoms with E-state index in [-0.39, 0.29) is 0 Å². The summed E-state index contributed by atoms with van der Waals surface area (Å²) in [6, 6.07) is 2.05. The van der Waals surface area contributed by atoms with Crippen LogP contribution in [0, 0.1) is 5.92 Å². The Hall–Kier alpha value is -0.910. The molecule has 0 N–H and O–H groups in total. The first-order chi connectivity index (χ1) is 8.70. The van der Waals surface area contributed by atoms with Gasteiger partial charge in [-0.05, 0) is 12.0 Å². The van der Waals surface area contributed by atoms with E-state index in [1.807, 2.05) is 10.9 Å². The second-order valence-corrected chi connectivity index (χ2v) is 5.13. The Labute approximate surface area is 109 Å². The SMILES string of the molecule is COCn1nccc1CN1CCOC(C(C)C)C1. The molecule has 0 saturated carbocycles. The minimum absolute atomic E-state index is 0.345. The van der Waals surface area contributed by atoms with Crippen molar-refractivity contribution in [3.05, 3.63) is 18.0 Å². The second-order valence-electron chi connectivity index (χ2n) is 5.13. The Morgan fingerprint density at radius 2 is 2.39 bits per heavy atom. The fourth-order valence-corrected chi connectivity index (χ4v) is 2.24. The van der Waals surface area contributed by atoms with Crippen molar-refractivity contribution in [2.45, 2.75) is 33.2 Å². The molecule has 1 aliphatic rings. The zero-order valence-corrected chi connectivity index (χ0v) is 11.5. The lowest BCUT2D eigenvalue weighted by Crippen LogP contribution is -2.44. The lowest BCUT2D eigenvalue weighted by Gasteiger charge is -2.34. The summed E-state index contributed by atoms with van der Waals surface area (Å²) in [5.74, 6) is 0.566. The van der Waals surface area contributed by atoms with Crippen molar-refractivity contribution in [2.75, 3.05) is 26.8 Å². The molecule has 2 rings (SSSR count). The fraction of sp³-hybridized carbons (Fsp3) is 0.769. The summed E-state index contributed by atoms with van der Waals surface area (Å²) in [5.41, 5.74) is 1.20. The van der Waals surface area contributed by atoms with Crippen LogP contribution in [0.15, 0.2) is 12.3 Å². The smallest absolute Gasteiger partial charge is 0.139 e. The molecule has 1 fully saturated rings. The number of aromatic nitrogens is 2. The molecule has 1 aromatic heterocycles. The highest BCUT2D eigenvalue weighted by atomic mass is 16.5. The largest absolute Gasteiger partial charge is 0.375 e. The van der Waals surface area contributed by atoms with Gasteiger partial charge >= 0.3 is 0 Å². The van der Waals surface area contributed by atoms with Crippen molar-refractivity contribution in [1.29, 1.82) is 0 Å². The van der Waals surface area contributed by atoms with Gasteiger partial charge in [-0.25, -0.2) is 4.68 Å². The summed E-state index contributed by atoms with van der Waals surface area (Å²) in [4.78, 5) is 2.43. The molecule has 5 nitrogen and oxygen atoms in total. The van der Waals surface area contributed by atoms with Crippen LogP contribution in [-0.4, -0.2) is 47.6 Å². The maximum Gasteiger partial charge on any atom is 0.139 e. The molecule has 0 spiro atoms. The molecule has 1 aliphatic heterocycles. The van der Waals surface area contributed by atoms with Gasteiger partial charge < -0.3 is 9.47 Å². The molecule has 0 radical (unpaired) electrons. The average Bonchev–Trinajstić information content (AvgIpc) is 2.77. The Kier molecular flexibility index (Phi) is 4.74. The van der Waals surface area contributed by atoms with Crippen LogP contribution in [-0.2, 0) is 22.7 Å². The highest BCUT2D eigenvalue weighted by molar-refractivity contribution is 5.00. The van der Waals surface area contributed by atoms with E-state index in [0.29, 0.717) is 18.8 Å². The minimum atomic E-state index is 0.345. The summed E-state index contributed by atoms with van der Waals surface area (Å²) in [5, 5.41) is 4.26. The molecule has 0 aliphatic carbocycles. The molecule has 0 amide bonds. The lowest BCUT2D eigenvalue weighted by molar-refractivity contribution is -0.0539. The topological polar surface area (TPSA) is 39.5 Å². The van der Waals surface area contributed by atoms with Crippen LogP contribution in [0.2, 0.25) is 0 Å². The molecule has 1 atom stereocenters. The van der Waals surface area contributed by atoms with Crippen molar-refractivity contribution in [3.63, 3.8) is 0 Å². The van der Waals surface area contributed by atoms with E-state index in [0.717, 1.165) is 26.2 Å². The summed E-state index contributed by atoms with van der Waals surface area (Å²) in [6.45, 7) is 8.65. The number of methoxy groups -OCH3 is 1. The van der Waals surface area contributed by atoms with Crippen LogP contribution >= 0.6 is 0 Å². The van der Waals surface area contributed by atoms with E-state index in [1.54, 1.807) is 7.11 Å². The third-order valence-corrected chi connectivity index (χ3v) is 3.36. The zero-order valence-electron chi connectivity index (χ0n) is 11.5. The Morgan fingerprint density at radius 1 is 1.56 bits per heavy atom. The van der Waals surface area contributed by atoms with E-state index >= 15 is 0 Å². The molecule has 0 bridgehead atoms. The van der Waals surface area contributed by atoms with Gasteiger partial charge in [0.05, 0.1) is 18.4 Å². The Morgan fingerprint density at radius 3 is 3.11 bits per heavy atom. The molecule has 102 valence electrons. The average molecular weight is 253 g/mol. The summed E-state index contributed by atoms with van der Waals surface area (Å²) >= 11 is 0. The van der Waals surface area contributed by atoms with E-state index in [9.17, 15) is 0 Å². The second kappa shape index (κ2) is 6.31. The van der Waals surface area contributed by atoms with Gasteiger partial charge in [-0.1, -0.05) is 13.8 Å². The number of hydrogen-bond acceptors (Lipinski definition) is 4. The molecule has 1 saturated heterocycles. The van der Waals surface area contributed by atoms with Crippen molar-refractivity contribution in [3.8, 4) is 0 Å². The van der Waals surface area contributed by atoms with E-state index in [1.165, 1.54) is 5.69 Å². The number of nitrogens with zero attached hydrogens (tertiary/aromatic N) is 3. The van der Waals surface area contributed by atoms with Crippen molar-refractivity contribution in [1.82, 2.24) is 14.7 Å². The fourth-order valence-electron chi connectivity index (χ4n) is 2.24. The molecular formula is C13H23N3O2. The number of morpholine rings is 1. The predicted octanol–water partition coefficient (Wildman–Crippen LogP) is 1.34. The highest BCUT2D eigenvalue weighted by Gasteiger charge is 2.23. The Bertz CT molecular complexity index is 365. The lowest BCUT2D eigenvalue weighted by atomic mass is 10.1. The molecule has 1 unspecified atom stereocenters. The summed E-state index contributed by atoms with van der Waals surface area (Å²) in [7, 11) is 1.69. The number of ether oxygens (including phenoxy) is 2. The van der Waals surface area contributed by atoms with Crippen LogP contribution in [0.5, 0.6) is 0 Å². The predicted molar refractivity (Wildman–Crippen MR) is 69.1 cm³/mol.